The lowest BCUT2D eigenvalue weighted by Crippen LogP contribution is -2.13. The first-order valence-corrected chi connectivity index (χ1v) is 7.47. The quantitative estimate of drug-likeness (QED) is 0.752. The number of rotatable bonds is 7. The lowest BCUT2D eigenvalue weighted by atomic mass is 10.1. The number of halogens is 1. The minimum absolute atomic E-state index is 0. The number of carbonyl (C=O) groups excluding carboxylic acids is 1. The Balaban J connectivity index is 0.00000288. The summed E-state index contributed by atoms with van der Waals surface area (Å²) in [6.07, 6.45) is 0. The Hall–Kier alpha value is -2.08. The van der Waals surface area contributed by atoms with E-state index in [1.54, 1.807) is 19.2 Å². The summed E-state index contributed by atoms with van der Waals surface area (Å²) in [6.45, 7) is 3.42. The summed E-state index contributed by atoms with van der Waals surface area (Å²) in [5.74, 6) is 0.606. The summed E-state index contributed by atoms with van der Waals surface area (Å²) in [4.78, 5) is 12.3. The van der Waals surface area contributed by atoms with Crippen molar-refractivity contribution in [2.24, 2.45) is 5.73 Å². The van der Waals surface area contributed by atoms with Crippen LogP contribution in [0.2, 0.25) is 0 Å². The van der Waals surface area contributed by atoms with Gasteiger partial charge in [-0.15, -0.1) is 12.4 Å². The molecule has 24 heavy (non-hydrogen) atoms. The van der Waals surface area contributed by atoms with Gasteiger partial charge in [-0.1, -0.05) is 12.1 Å². The smallest absolute Gasteiger partial charge is 0.255 e. The van der Waals surface area contributed by atoms with Gasteiger partial charge in [0.05, 0.1) is 6.61 Å². The Bertz CT molecular complexity index is 660. The van der Waals surface area contributed by atoms with Gasteiger partial charge >= 0.3 is 0 Å². The molecule has 0 bridgehead atoms. The van der Waals surface area contributed by atoms with E-state index in [1.165, 1.54) is 0 Å². The predicted molar refractivity (Wildman–Crippen MR) is 98.1 cm³/mol. The van der Waals surface area contributed by atoms with Gasteiger partial charge in [0.15, 0.2) is 0 Å². The van der Waals surface area contributed by atoms with Crippen LogP contribution in [0, 0.1) is 6.92 Å². The molecule has 5 nitrogen and oxygen atoms in total. The highest BCUT2D eigenvalue weighted by atomic mass is 35.5. The molecule has 0 aliphatic heterocycles. The number of nitrogens with two attached hydrogens (primary N) is 1. The number of hydrogen-bond acceptors (Lipinski definition) is 4. The molecule has 0 fully saturated rings. The highest BCUT2D eigenvalue weighted by molar-refractivity contribution is 6.04. The van der Waals surface area contributed by atoms with Crippen LogP contribution in [-0.2, 0) is 11.3 Å². The van der Waals surface area contributed by atoms with Crippen LogP contribution in [0.15, 0.2) is 42.5 Å². The largest absolute Gasteiger partial charge is 0.491 e. The van der Waals surface area contributed by atoms with Crippen LogP contribution >= 0.6 is 12.4 Å². The monoisotopic (exact) mass is 350 g/mol. The zero-order valence-corrected chi connectivity index (χ0v) is 14.7. The zero-order valence-electron chi connectivity index (χ0n) is 13.9. The topological polar surface area (TPSA) is 73.6 Å². The van der Waals surface area contributed by atoms with E-state index in [2.05, 4.69) is 5.32 Å². The number of nitrogens with one attached hydrogen (secondary N) is 1. The van der Waals surface area contributed by atoms with Crippen LogP contribution in [0.1, 0.15) is 21.5 Å². The number of ether oxygens (including phenoxy) is 2. The third-order valence-electron chi connectivity index (χ3n) is 3.45. The summed E-state index contributed by atoms with van der Waals surface area (Å²) in [5, 5.41) is 2.91. The second-order valence-electron chi connectivity index (χ2n) is 5.17. The number of amides is 1. The maximum absolute atomic E-state index is 12.3. The number of anilines is 1. The Labute approximate surface area is 148 Å². The second kappa shape index (κ2) is 9.93. The van der Waals surface area contributed by atoms with Crippen LogP contribution in [0.3, 0.4) is 0 Å². The van der Waals surface area contributed by atoms with Crippen molar-refractivity contribution in [3.63, 3.8) is 0 Å². The van der Waals surface area contributed by atoms with Crippen molar-refractivity contribution in [3.05, 3.63) is 59.2 Å². The van der Waals surface area contributed by atoms with Crippen molar-refractivity contribution < 1.29 is 14.3 Å². The van der Waals surface area contributed by atoms with Crippen LogP contribution in [-0.4, -0.2) is 26.2 Å². The fraction of sp³-hybridized carbons (Fsp3) is 0.278. The maximum atomic E-state index is 12.3. The summed E-state index contributed by atoms with van der Waals surface area (Å²) < 4.78 is 10.5. The van der Waals surface area contributed by atoms with E-state index < -0.39 is 0 Å². The molecule has 0 aliphatic rings. The van der Waals surface area contributed by atoms with Crippen molar-refractivity contribution >= 4 is 24.0 Å². The fourth-order valence-electron chi connectivity index (χ4n) is 2.10. The third kappa shape index (κ3) is 5.53. The molecule has 1 amide bonds. The summed E-state index contributed by atoms with van der Waals surface area (Å²) in [6, 6.07) is 12.8. The van der Waals surface area contributed by atoms with E-state index in [-0.39, 0.29) is 18.3 Å². The summed E-state index contributed by atoms with van der Waals surface area (Å²) >= 11 is 0. The molecule has 0 aliphatic carbocycles. The molecule has 0 unspecified atom stereocenters. The zero-order chi connectivity index (χ0) is 16.7. The standard InChI is InChI=1S/C18H22N2O3.ClH/c1-13-11-16(23-10-9-22-2)7-8-17(13)20-18(21)15-5-3-14(12-19)4-6-15;/h3-8,11H,9-10,12,19H2,1-2H3,(H,20,21);1H. The first-order chi connectivity index (χ1) is 11.1. The van der Waals surface area contributed by atoms with Gasteiger partial charge in [-0.05, 0) is 48.4 Å². The van der Waals surface area contributed by atoms with E-state index in [9.17, 15) is 4.79 Å². The molecule has 2 aromatic rings. The molecule has 6 heteroatoms. The van der Waals surface area contributed by atoms with Gasteiger partial charge in [-0.25, -0.2) is 0 Å². The van der Waals surface area contributed by atoms with Gasteiger partial charge < -0.3 is 20.5 Å². The molecular weight excluding hydrogens is 328 g/mol. The molecule has 0 atom stereocenters. The van der Waals surface area contributed by atoms with Crippen molar-refractivity contribution in [1.82, 2.24) is 0 Å². The minimum atomic E-state index is -0.148. The van der Waals surface area contributed by atoms with E-state index in [1.807, 2.05) is 37.3 Å². The molecule has 130 valence electrons. The third-order valence-corrected chi connectivity index (χ3v) is 3.45. The average molecular weight is 351 g/mol. The van der Waals surface area contributed by atoms with Crippen molar-refractivity contribution in [2.45, 2.75) is 13.5 Å². The molecule has 2 rings (SSSR count). The Morgan fingerprint density at radius 1 is 1.12 bits per heavy atom. The molecule has 2 aromatic carbocycles. The summed E-state index contributed by atoms with van der Waals surface area (Å²) in [5.41, 5.74) is 8.85. The van der Waals surface area contributed by atoms with Gasteiger partial charge in [0.1, 0.15) is 12.4 Å². The number of aryl methyl sites for hydroxylation is 1. The number of methoxy groups -OCH3 is 1. The molecule has 0 spiro atoms. The lowest BCUT2D eigenvalue weighted by Gasteiger charge is -2.11. The molecule has 3 N–H and O–H groups in total. The van der Waals surface area contributed by atoms with E-state index in [0.29, 0.717) is 25.3 Å². The normalized spacial score (nSPS) is 9.96. The number of hydrogen-bond donors (Lipinski definition) is 2. The first kappa shape index (κ1) is 20.0. The van der Waals surface area contributed by atoms with Crippen molar-refractivity contribution in [1.29, 1.82) is 0 Å². The molecule has 0 heterocycles. The summed E-state index contributed by atoms with van der Waals surface area (Å²) in [7, 11) is 1.63. The highest BCUT2D eigenvalue weighted by Crippen LogP contribution is 2.22. The highest BCUT2D eigenvalue weighted by Gasteiger charge is 2.08. The number of carbonyl (C=O) groups is 1. The van der Waals surface area contributed by atoms with E-state index >= 15 is 0 Å². The second-order valence-corrected chi connectivity index (χ2v) is 5.17. The maximum Gasteiger partial charge on any atom is 0.255 e. The lowest BCUT2D eigenvalue weighted by molar-refractivity contribution is 0.102. The SMILES string of the molecule is COCCOc1ccc(NC(=O)c2ccc(CN)cc2)c(C)c1.Cl. The molecular formula is C18H23ClN2O3. The van der Waals surface area contributed by atoms with Crippen LogP contribution in [0.25, 0.3) is 0 Å². The first-order valence-electron chi connectivity index (χ1n) is 7.47. The molecule has 0 radical (unpaired) electrons. The van der Waals surface area contributed by atoms with Gasteiger partial charge in [0.25, 0.3) is 5.91 Å². The number of benzene rings is 2. The van der Waals surface area contributed by atoms with E-state index in [4.69, 9.17) is 15.2 Å². The van der Waals surface area contributed by atoms with Crippen LogP contribution in [0.4, 0.5) is 5.69 Å². The Morgan fingerprint density at radius 2 is 1.83 bits per heavy atom. The Morgan fingerprint density at radius 3 is 2.42 bits per heavy atom. The van der Waals surface area contributed by atoms with Gasteiger partial charge in [-0.2, -0.15) is 0 Å². The van der Waals surface area contributed by atoms with Crippen molar-refractivity contribution in [2.75, 3.05) is 25.6 Å². The van der Waals surface area contributed by atoms with Crippen molar-refractivity contribution in [3.8, 4) is 5.75 Å². The molecule has 0 aromatic heterocycles. The average Bonchev–Trinajstić information content (AvgIpc) is 2.57. The van der Waals surface area contributed by atoms with Gasteiger partial charge in [-0.3, -0.25) is 4.79 Å². The molecule has 0 saturated carbocycles. The Kier molecular flexibility index (Phi) is 8.26. The van der Waals surface area contributed by atoms with Gasteiger partial charge in [0, 0.05) is 24.9 Å². The predicted octanol–water partition coefficient (Wildman–Crippen LogP) is 3.15. The van der Waals surface area contributed by atoms with Gasteiger partial charge in [0.2, 0.25) is 0 Å². The van der Waals surface area contributed by atoms with Crippen LogP contribution < -0.4 is 15.8 Å². The minimum Gasteiger partial charge on any atom is -0.491 e. The fourth-order valence-corrected chi connectivity index (χ4v) is 2.10. The molecule has 0 saturated heterocycles. The van der Waals surface area contributed by atoms with E-state index in [0.717, 1.165) is 22.6 Å². The van der Waals surface area contributed by atoms with Crippen LogP contribution in [0.5, 0.6) is 5.75 Å².